The van der Waals surface area contributed by atoms with Gasteiger partial charge in [0, 0.05) is 6.42 Å². The van der Waals surface area contributed by atoms with E-state index < -0.39 is 0 Å². The van der Waals surface area contributed by atoms with Crippen LogP contribution >= 0.6 is 7.92 Å². The summed E-state index contributed by atoms with van der Waals surface area (Å²) in [7, 11) is -0.255. The molecule has 24 heavy (non-hydrogen) atoms. The summed E-state index contributed by atoms with van der Waals surface area (Å²) in [5, 5.41) is 10.8. The number of hydrogen-bond acceptors (Lipinski definition) is 1. The molecule has 0 spiro atoms. The summed E-state index contributed by atoms with van der Waals surface area (Å²) in [6.07, 6.45) is 5.89. The molecule has 0 aromatic heterocycles. The highest BCUT2D eigenvalue weighted by molar-refractivity contribution is 7.66. The average molecular weight is 343 g/mol. The van der Waals surface area contributed by atoms with Crippen LogP contribution in [0, 0.1) is 49.9 Å². The van der Waals surface area contributed by atoms with Crippen molar-refractivity contribution in [3.63, 3.8) is 0 Å². The van der Waals surface area contributed by atoms with Crippen molar-refractivity contribution in [2.45, 2.75) is 72.9 Å². The van der Waals surface area contributed by atoms with E-state index in [4.69, 9.17) is 0 Å². The van der Waals surface area contributed by atoms with E-state index >= 15 is 0 Å². The highest BCUT2D eigenvalue weighted by Gasteiger charge is 2.37. The molecule has 4 atom stereocenters. The second-order valence-electron chi connectivity index (χ2n) is 8.24. The number of hydrogen-bond donors (Lipinski definition) is 0. The van der Waals surface area contributed by atoms with Crippen molar-refractivity contribution in [1.29, 1.82) is 5.26 Å². The van der Waals surface area contributed by atoms with E-state index in [2.05, 4.69) is 59.7 Å². The van der Waals surface area contributed by atoms with Gasteiger partial charge >= 0.3 is 0 Å². The van der Waals surface area contributed by atoms with Crippen molar-refractivity contribution in [3.05, 3.63) is 28.8 Å². The third-order valence-electron chi connectivity index (χ3n) is 5.77. The third kappa shape index (κ3) is 4.40. The second kappa shape index (κ2) is 8.49. The summed E-state index contributed by atoms with van der Waals surface area (Å²) < 4.78 is 0. The van der Waals surface area contributed by atoms with Crippen molar-refractivity contribution in [2.75, 3.05) is 6.16 Å². The minimum atomic E-state index is -0.255. The smallest absolute Gasteiger partial charge is 0.0625 e. The Kier molecular flexibility index (Phi) is 6.88. The normalized spacial score (nSPS) is 25.5. The van der Waals surface area contributed by atoms with Crippen molar-refractivity contribution in [1.82, 2.24) is 0 Å². The van der Waals surface area contributed by atoms with Crippen LogP contribution in [0.2, 0.25) is 0 Å². The minimum Gasteiger partial charge on any atom is -0.198 e. The van der Waals surface area contributed by atoms with Crippen LogP contribution in [0.5, 0.6) is 0 Å². The van der Waals surface area contributed by atoms with Crippen molar-refractivity contribution in [3.8, 4) is 6.07 Å². The quantitative estimate of drug-likeness (QED) is 0.593. The molecule has 1 nitrogen and oxygen atoms in total. The predicted molar refractivity (Wildman–Crippen MR) is 107 cm³/mol. The van der Waals surface area contributed by atoms with Gasteiger partial charge in [0.25, 0.3) is 0 Å². The zero-order chi connectivity index (χ0) is 17.9. The molecule has 2 rings (SSSR count). The fourth-order valence-corrected chi connectivity index (χ4v) is 8.58. The van der Waals surface area contributed by atoms with E-state index in [1.807, 2.05) is 0 Å². The molecule has 0 radical (unpaired) electrons. The third-order valence-corrected chi connectivity index (χ3v) is 9.15. The fraction of sp³-hybridized carbons (Fsp3) is 0.682. The Bertz CT molecular complexity index is 575. The number of aryl methyl sites for hydroxylation is 3. The maximum atomic E-state index is 9.23. The highest BCUT2D eigenvalue weighted by Crippen LogP contribution is 2.53. The second-order valence-corrected chi connectivity index (χ2v) is 10.7. The van der Waals surface area contributed by atoms with E-state index in [1.165, 1.54) is 36.0 Å². The van der Waals surface area contributed by atoms with E-state index in [-0.39, 0.29) is 7.92 Å². The van der Waals surface area contributed by atoms with Gasteiger partial charge in [-0.25, -0.2) is 0 Å². The summed E-state index contributed by atoms with van der Waals surface area (Å²) in [5.74, 6) is 2.41. The van der Waals surface area contributed by atoms with Crippen molar-refractivity contribution in [2.24, 2.45) is 17.8 Å². The summed E-state index contributed by atoms with van der Waals surface area (Å²) in [4.78, 5) is 0. The Balaban J connectivity index is 2.45. The van der Waals surface area contributed by atoms with Gasteiger partial charge in [-0.1, -0.05) is 52.8 Å². The largest absolute Gasteiger partial charge is 0.198 e. The monoisotopic (exact) mass is 343 g/mol. The molecule has 1 aromatic rings. The van der Waals surface area contributed by atoms with Crippen LogP contribution < -0.4 is 5.30 Å². The molecule has 0 saturated heterocycles. The first-order valence-electron chi connectivity index (χ1n) is 9.56. The zero-order valence-electron chi connectivity index (χ0n) is 16.4. The molecule has 1 unspecified atom stereocenters. The maximum Gasteiger partial charge on any atom is 0.0625 e. The van der Waals surface area contributed by atoms with Gasteiger partial charge in [-0.15, -0.1) is 0 Å². The maximum absolute atomic E-state index is 9.23. The van der Waals surface area contributed by atoms with Crippen molar-refractivity contribution < 1.29 is 0 Å². The van der Waals surface area contributed by atoms with Crippen LogP contribution in [0.3, 0.4) is 0 Å². The first kappa shape index (κ1) is 19.5. The minimum absolute atomic E-state index is 0.255. The van der Waals surface area contributed by atoms with Crippen LogP contribution in [0.25, 0.3) is 0 Å². The molecule has 2 heteroatoms. The Morgan fingerprint density at radius 3 is 2.33 bits per heavy atom. The lowest BCUT2D eigenvalue weighted by molar-refractivity contribution is 0.241. The predicted octanol–water partition coefficient (Wildman–Crippen LogP) is 6.09. The Hall–Kier alpha value is -0.860. The van der Waals surface area contributed by atoms with Gasteiger partial charge < -0.3 is 0 Å². The van der Waals surface area contributed by atoms with Crippen LogP contribution in [0.4, 0.5) is 0 Å². The lowest BCUT2D eigenvalue weighted by atomic mass is 9.77. The molecule has 0 heterocycles. The molecular weight excluding hydrogens is 309 g/mol. The lowest BCUT2D eigenvalue weighted by Crippen LogP contribution is -2.34. The van der Waals surface area contributed by atoms with E-state index in [9.17, 15) is 5.26 Å². The SMILES string of the molecule is Cc1cc(C)c(P(CCC#N)[C@@H]2C[C@H](C)CC[C@H]2C(C)C)c(C)c1. The molecule has 1 aliphatic carbocycles. The summed E-state index contributed by atoms with van der Waals surface area (Å²) in [5.41, 5.74) is 5.06. The first-order chi connectivity index (χ1) is 11.3. The van der Waals surface area contributed by atoms with Crippen molar-refractivity contribution >= 4 is 13.2 Å². The Morgan fingerprint density at radius 1 is 1.17 bits per heavy atom. The van der Waals surface area contributed by atoms with Crippen LogP contribution in [0.1, 0.15) is 63.1 Å². The molecule has 1 aliphatic rings. The van der Waals surface area contributed by atoms with Gasteiger partial charge in [-0.05, 0) is 79.6 Å². The molecule has 0 N–H and O–H groups in total. The van der Waals surface area contributed by atoms with E-state index in [0.717, 1.165) is 29.6 Å². The molecule has 132 valence electrons. The van der Waals surface area contributed by atoms with Crippen LogP contribution in [-0.2, 0) is 0 Å². The lowest BCUT2D eigenvalue weighted by Gasteiger charge is -2.43. The molecule has 0 aliphatic heterocycles. The summed E-state index contributed by atoms with van der Waals surface area (Å²) in [6, 6.07) is 7.12. The highest BCUT2D eigenvalue weighted by atomic mass is 31.1. The summed E-state index contributed by atoms with van der Waals surface area (Å²) in [6.45, 7) is 14.0. The summed E-state index contributed by atoms with van der Waals surface area (Å²) >= 11 is 0. The van der Waals surface area contributed by atoms with Gasteiger partial charge in [0.2, 0.25) is 0 Å². The van der Waals surface area contributed by atoms with Gasteiger partial charge in [-0.3, -0.25) is 0 Å². The molecule has 1 fully saturated rings. The van der Waals surface area contributed by atoms with Crippen LogP contribution in [0.15, 0.2) is 12.1 Å². The average Bonchev–Trinajstić information content (AvgIpc) is 2.49. The van der Waals surface area contributed by atoms with E-state index in [1.54, 1.807) is 5.30 Å². The standard InChI is InChI=1S/C22H34NP/c1-15(2)20-9-8-16(3)14-21(20)24(11-7-10-23)22-18(5)12-17(4)13-19(22)6/h12-13,15-16,20-21H,7-9,11,14H2,1-6H3/t16-,20+,21-,24?/m1/s1. The molecule has 0 bridgehead atoms. The van der Waals surface area contributed by atoms with Gasteiger partial charge in [0.1, 0.15) is 0 Å². The Labute approximate surface area is 150 Å². The molecular formula is C22H34NP. The topological polar surface area (TPSA) is 23.8 Å². The molecule has 1 saturated carbocycles. The molecule has 0 amide bonds. The number of benzene rings is 1. The number of nitriles is 1. The zero-order valence-corrected chi connectivity index (χ0v) is 17.3. The molecule has 1 aromatic carbocycles. The van der Waals surface area contributed by atoms with Gasteiger partial charge in [0.15, 0.2) is 0 Å². The van der Waals surface area contributed by atoms with Gasteiger partial charge in [0.05, 0.1) is 6.07 Å². The van der Waals surface area contributed by atoms with Gasteiger partial charge in [-0.2, -0.15) is 5.26 Å². The Morgan fingerprint density at radius 2 is 1.79 bits per heavy atom. The number of rotatable bonds is 5. The number of nitrogens with zero attached hydrogens (tertiary/aromatic N) is 1. The van der Waals surface area contributed by atoms with E-state index in [0.29, 0.717) is 6.42 Å². The first-order valence-corrected chi connectivity index (χ1v) is 11.2. The van der Waals surface area contributed by atoms with Crippen LogP contribution in [-0.4, -0.2) is 11.8 Å². The fourth-order valence-electron chi connectivity index (χ4n) is 4.75.